The third-order valence-corrected chi connectivity index (χ3v) is 4.54. The molecule has 0 bridgehead atoms. The number of carbonyl (C=O) groups is 1. The van der Waals surface area contributed by atoms with Gasteiger partial charge in [0.15, 0.2) is 0 Å². The van der Waals surface area contributed by atoms with Crippen LogP contribution < -0.4 is 10.6 Å². The first-order valence-corrected chi connectivity index (χ1v) is 11.1. The first-order valence-electron chi connectivity index (χ1n) is 10.5. The highest BCUT2D eigenvalue weighted by Gasteiger charge is 1.97. The Labute approximate surface area is 161 Å². The number of hydrogen-bond acceptors (Lipinski definition) is 1. The third kappa shape index (κ3) is 21.3. The fourth-order valence-electron chi connectivity index (χ4n) is 2.80. The van der Waals surface area contributed by atoms with Gasteiger partial charge in [-0.25, -0.2) is 4.79 Å². The van der Waals surface area contributed by atoms with E-state index < -0.39 is 0 Å². The van der Waals surface area contributed by atoms with E-state index in [0.717, 1.165) is 13.0 Å². The number of allylic oxidation sites excluding steroid dienone is 2. The molecule has 0 fully saturated rings. The third-order valence-electron chi connectivity index (χ3n) is 4.35. The van der Waals surface area contributed by atoms with E-state index in [1.807, 2.05) is 0 Å². The molecule has 0 unspecified atom stereocenters. The summed E-state index contributed by atoms with van der Waals surface area (Å²) in [7, 11) is 0. The molecule has 2 N–H and O–H groups in total. The number of urea groups is 1. The summed E-state index contributed by atoms with van der Waals surface area (Å²) in [5, 5.41) is 5.55. The van der Waals surface area contributed by atoms with E-state index in [1.54, 1.807) is 0 Å². The number of alkyl halides is 1. The predicted octanol–water partition coefficient (Wildman–Crippen LogP) is 6.56. The van der Waals surface area contributed by atoms with Gasteiger partial charge in [-0.15, -0.1) is 11.6 Å². The molecule has 0 aliphatic rings. The fraction of sp³-hybridized carbons (Fsp3) is 0.857. The summed E-state index contributed by atoms with van der Waals surface area (Å²) in [6, 6.07) is -0.103. The molecule has 0 aromatic carbocycles. The SMILES string of the molecule is CCCCCCCC/C=C/CCCCCCCCNC(=O)NCCCl. The highest BCUT2D eigenvalue weighted by molar-refractivity contribution is 6.18. The van der Waals surface area contributed by atoms with E-state index in [2.05, 4.69) is 29.7 Å². The summed E-state index contributed by atoms with van der Waals surface area (Å²) >= 11 is 5.51. The Hall–Kier alpha value is -0.700. The topological polar surface area (TPSA) is 41.1 Å². The van der Waals surface area contributed by atoms with Gasteiger partial charge in [0.1, 0.15) is 0 Å². The molecule has 0 saturated carbocycles. The first kappa shape index (κ1) is 24.3. The van der Waals surface area contributed by atoms with E-state index in [0.29, 0.717) is 12.4 Å². The van der Waals surface area contributed by atoms with Gasteiger partial charge >= 0.3 is 6.03 Å². The van der Waals surface area contributed by atoms with Crippen LogP contribution in [0.5, 0.6) is 0 Å². The Morgan fingerprint density at radius 3 is 1.76 bits per heavy atom. The Morgan fingerprint density at radius 2 is 1.20 bits per heavy atom. The van der Waals surface area contributed by atoms with Gasteiger partial charge in [-0.3, -0.25) is 0 Å². The molecule has 4 heteroatoms. The maximum Gasteiger partial charge on any atom is 0.314 e. The van der Waals surface area contributed by atoms with Crippen LogP contribution in [-0.2, 0) is 0 Å². The van der Waals surface area contributed by atoms with Crippen LogP contribution in [0.15, 0.2) is 12.2 Å². The van der Waals surface area contributed by atoms with Crippen LogP contribution in [0.3, 0.4) is 0 Å². The molecule has 25 heavy (non-hydrogen) atoms. The van der Waals surface area contributed by atoms with Gasteiger partial charge in [-0.2, -0.15) is 0 Å². The van der Waals surface area contributed by atoms with Gasteiger partial charge < -0.3 is 10.6 Å². The lowest BCUT2D eigenvalue weighted by molar-refractivity contribution is 0.241. The summed E-state index contributed by atoms with van der Waals surface area (Å²) in [6.45, 7) is 3.56. The van der Waals surface area contributed by atoms with Crippen LogP contribution in [0.25, 0.3) is 0 Å². The van der Waals surface area contributed by atoms with Gasteiger partial charge in [0.25, 0.3) is 0 Å². The summed E-state index contributed by atoms with van der Waals surface area (Å²) in [4.78, 5) is 11.3. The zero-order valence-corrected chi connectivity index (χ0v) is 17.2. The Bertz CT molecular complexity index is 308. The van der Waals surface area contributed by atoms with Crippen molar-refractivity contribution in [2.75, 3.05) is 19.0 Å². The zero-order chi connectivity index (χ0) is 18.4. The summed E-state index contributed by atoms with van der Waals surface area (Å²) < 4.78 is 0. The zero-order valence-electron chi connectivity index (χ0n) is 16.5. The molecule has 3 nitrogen and oxygen atoms in total. The van der Waals surface area contributed by atoms with E-state index in [1.165, 1.54) is 83.5 Å². The normalized spacial score (nSPS) is 11.1. The first-order chi connectivity index (χ1) is 12.3. The van der Waals surface area contributed by atoms with Gasteiger partial charge in [0, 0.05) is 19.0 Å². The number of hydrogen-bond donors (Lipinski definition) is 2. The molecular formula is C21H41ClN2O. The Balaban J connectivity index is 3.13. The van der Waals surface area contributed by atoms with E-state index in [9.17, 15) is 4.79 Å². The van der Waals surface area contributed by atoms with Crippen molar-refractivity contribution in [3.05, 3.63) is 12.2 Å². The highest BCUT2D eigenvalue weighted by Crippen LogP contribution is 2.09. The monoisotopic (exact) mass is 372 g/mol. The number of amides is 2. The van der Waals surface area contributed by atoms with Crippen LogP contribution in [0.1, 0.15) is 96.8 Å². The number of carbonyl (C=O) groups excluding carboxylic acids is 1. The van der Waals surface area contributed by atoms with Crippen molar-refractivity contribution in [2.24, 2.45) is 0 Å². The van der Waals surface area contributed by atoms with Crippen LogP contribution in [0, 0.1) is 0 Å². The maximum absolute atomic E-state index is 11.3. The predicted molar refractivity (Wildman–Crippen MR) is 112 cm³/mol. The molecule has 0 aromatic heterocycles. The van der Waals surface area contributed by atoms with Crippen molar-refractivity contribution in [2.45, 2.75) is 96.8 Å². The largest absolute Gasteiger partial charge is 0.338 e. The minimum atomic E-state index is -0.103. The Morgan fingerprint density at radius 1 is 0.720 bits per heavy atom. The molecular weight excluding hydrogens is 332 g/mol. The molecule has 0 spiro atoms. The molecule has 0 aromatic rings. The number of rotatable bonds is 18. The van der Waals surface area contributed by atoms with Crippen LogP contribution >= 0.6 is 11.6 Å². The van der Waals surface area contributed by atoms with Crippen molar-refractivity contribution in [3.8, 4) is 0 Å². The van der Waals surface area contributed by atoms with Crippen molar-refractivity contribution < 1.29 is 4.79 Å². The molecule has 0 rings (SSSR count). The average Bonchev–Trinajstić information content (AvgIpc) is 2.62. The molecule has 148 valence electrons. The highest BCUT2D eigenvalue weighted by atomic mass is 35.5. The van der Waals surface area contributed by atoms with Crippen molar-refractivity contribution in [3.63, 3.8) is 0 Å². The summed E-state index contributed by atoms with van der Waals surface area (Å²) in [5.74, 6) is 0.460. The van der Waals surface area contributed by atoms with Crippen LogP contribution in [-0.4, -0.2) is 25.0 Å². The fourth-order valence-corrected chi connectivity index (χ4v) is 2.89. The molecule has 0 saturated heterocycles. The lowest BCUT2D eigenvalue weighted by atomic mass is 10.1. The Kier molecular flexibility index (Phi) is 20.7. The van der Waals surface area contributed by atoms with Gasteiger partial charge in [0.2, 0.25) is 0 Å². The van der Waals surface area contributed by atoms with Gasteiger partial charge in [-0.05, 0) is 32.1 Å². The van der Waals surface area contributed by atoms with Gasteiger partial charge in [0.05, 0.1) is 0 Å². The second-order valence-corrected chi connectivity index (χ2v) is 7.19. The second-order valence-electron chi connectivity index (χ2n) is 6.81. The number of unbranched alkanes of at least 4 members (excludes halogenated alkanes) is 12. The molecule has 2 amide bonds. The summed E-state index contributed by atoms with van der Waals surface area (Å²) in [5.41, 5.74) is 0. The summed E-state index contributed by atoms with van der Waals surface area (Å²) in [6.07, 6.45) is 23.0. The second kappa shape index (κ2) is 21.3. The van der Waals surface area contributed by atoms with Crippen molar-refractivity contribution in [1.82, 2.24) is 10.6 Å². The van der Waals surface area contributed by atoms with Crippen LogP contribution in [0.2, 0.25) is 0 Å². The molecule has 0 radical (unpaired) electrons. The average molecular weight is 373 g/mol. The molecule has 0 heterocycles. The minimum Gasteiger partial charge on any atom is -0.338 e. The van der Waals surface area contributed by atoms with Crippen molar-refractivity contribution >= 4 is 17.6 Å². The lowest BCUT2D eigenvalue weighted by Crippen LogP contribution is -2.36. The standard InChI is InChI=1S/C21H41ClN2O/c1-2-3-4-5-6-7-8-9-10-11-12-13-14-15-16-17-19-23-21(25)24-20-18-22/h9-10H,2-8,11-20H2,1H3,(H2,23,24,25)/b10-9+. The molecule has 0 atom stereocenters. The van der Waals surface area contributed by atoms with E-state index >= 15 is 0 Å². The minimum absolute atomic E-state index is 0.103. The number of nitrogens with one attached hydrogen (secondary N) is 2. The smallest absolute Gasteiger partial charge is 0.314 e. The molecule has 0 aliphatic carbocycles. The quantitative estimate of drug-likeness (QED) is 0.159. The lowest BCUT2D eigenvalue weighted by Gasteiger charge is -2.06. The van der Waals surface area contributed by atoms with Crippen LogP contribution in [0.4, 0.5) is 4.79 Å². The molecule has 0 aliphatic heterocycles. The maximum atomic E-state index is 11.3. The number of halogens is 1. The van der Waals surface area contributed by atoms with E-state index in [-0.39, 0.29) is 6.03 Å². The van der Waals surface area contributed by atoms with Crippen molar-refractivity contribution in [1.29, 1.82) is 0 Å². The van der Waals surface area contributed by atoms with Gasteiger partial charge in [-0.1, -0.05) is 76.9 Å². The van der Waals surface area contributed by atoms with E-state index in [4.69, 9.17) is 11.6 Å².